The number of carbonyl (C=O) groups excluding carboxylic acids is 1. The molecule has 33 heavy (non-hydrogen) atoms. The van der Waals surface area contributed by atoms with Gasteiger partial charge in [-0.15, -0.1) is 0 Å². The second-order valence-electron chi connectivity index (χ2n) is 8.26. The van der Waals surface area contributed by atoms with Gasteiger partial charge in [-0.05, 0) is 63.1 Å². The summed E-state index contributed by atoms with van der Waals surface area (Å²) in [7, 11) is 0. The number of imidazole rings is 1. The molecule has 1 aromatic heterocycles. The Morgan fingerprint density at radius 1 is 1.09 bits per heavy atom. The summed E-state index contributed by atoms with van der Waals surface area (Å²) in [6.07, 6.45) is 0.774. The molecule has 1 unspecified atom stereocenters. The maximum Gasteiger partial charge on any atom is 0.252 e. The maximum atomic E-state index is 13.0. The van der Waals surface area contributed by atoms with Crippen molar-refractivity contribution in [2.75, 3.05) is 6.61 Å². The van der Waals surface area contributed by atoms with E-state index in [-0.39, 0.29) is 11.9 Å². The van der Waals surface area contributed by atoms with E-state index in [4.69, 9.17) is 21.3 Å². The Hall–Kier alpha value is -3.31. The fraction of sp³-hybridized carbons (Fsp3) is 0.259. The standard InChI is InChI=1S/C27H28ClN3O2/c1-18-13-14-21(19(2)17-18)27(32)29-20(3)26-30-23-10-5-6-11-24(23)31(26)15-8-16-33-25-12-7-4-9-22(25)28/h4-7,9-14,17,20H,8,15-16H2,1-3H3,(H,29,32). The van der Waals surface area contributed by atoms with Crippen molar-refractivity contribution in [3.8, 4) is 5.75 Å². The SMILES string of the molecule is Cc1ccc(C(=O)NC(C)c2nc3ccccc3n2CCCOc2ccccc2Cl)c(C)c1. The van der Waals surface area contributed by atoms with E-state index in [1.54, 1.807) is 0 Å². The van der Waals surface area contributed by atoms with Crippen LogP contribution in [0.5, 0.6) is 5.75 Å². The Morgan fingerprint density at radius 2 is 1.85 bits per heavy atom. The second-order valence-corrected chi connectivity index (χ2v) is 8.66. The number of aromatic nitrogens is 2. The molecular weight excluding hydrogens is 434 g/mol. The summed E-state index contributed by atoms with van der Waals surface area (Å²) >= 11 is 6.19. The first-order valence-electron chi connectivity index (χ1n) is 11.1. The fourth-order valence-electron chi connectivity index (χ4n) is 4.03. The Bertz CT molecular complexity index is 1280. The van der Waals surface area contributed by atoms with Crippen LogP contribution in [-0.4, -0.2) is 22.1 Å². The first kappa shape index (κ1) is 22.9. The summed E-state index contributed by atoms with van der Waals surface area (Å²) in [6.45, 7) is 7.19. The number of benzene rings is 3. The van der Waals surface area contributed by atoms with Crippen LogP contribution >= 0.6 is 11.6 Å². The van der Waals surface area contributed by atoms with Crippen molar-refractivity contribution < 1.29 is 9.53 Å². The average molecular weight is 462 g/mol. The quantitative estimate of drug-likeness (QED) is 0.315. The van der Waals surface area contributed by atoms with Gasteiger partial charge < -0.3 is 14.6 Å². The summed E-state index contributed by atoms with van der Waals surface area (Å²) < 4.78 is 8.02. The number of nitrogens with one attached hydrogen (secondary N) is 1. The first-order valence-corrected chi connectivity index (χ1v) is 11.5. The molecule has 0 spiro atoms. The monoisotopic (exact) mass is 461 g/mol. The highest BCUT2D eigenvalue weighted by Crippen LogP contribution is 2.24. The molecule has 4 rings (SSSR count). The predicted octanol–water partition coefficient (Wildman–Crippen LogP) is 6.27. The molecule has 1 amide bonds. The van der Waals surface area contributed by atoms with E-state index in [1.165, 1.54) is 0 Å². The van der Waals surface area contributed by atoms with Crippen molar-refractivity contribution in [1.29, 1.82) is 0 Å². The largest absolute Gasteiger partial charge is 0.492 e. The van der Waals surface area contributed by atoms with E-state index in [0.717, 1.165) is 34.4 Å². The molecule has 1 heterocycles. The number of nitrogens with zero attached hydrogens (tertiary/aromatic N) is 2. The summed E-state index contributed by atoms with van der Waals surface area (Å²) in [4.78, 5) is 17.8. The molecule has 0 radical (unpaired) electrons. The minimum Gasteiger partial charge on any atom is -0.492 e. The van der Waals surface area contributed by atoms with Crippen molar-refractivity contribution in [3.63, 3.8) is 0 Å². The number of ether oxygens (including phenoxy) is 1. The highest BCUT2D eigenvalue weighted by molar-refractivity contribution is 6.32. The summed E-state index contributed by atoms with van der Waals surface area (Å²) in [5, 5.41) is 3.73. The predicted molar refractivity (Wildman–Crippen MR) is 133 cm³/mol. The molecule has 0 bridgehead atoms. The minimum atomic E-state index is -0.255. The topological polar surface area (TPSA) is 56.2 Å². The number of aryl methyl sites for hydroxylation is 3. The van der Waals surface area contributed by atoms with Crippen LogP contribution in [0.4, 0.5) is 0 Å². The van der Waals surface area contributed by atoms with Gasteiger partial charge in [-0.25, -0.2) is 4.98 Å². The number of hydrogen-bond acceptors (Lipinski definition) is 3. The molecule has 0 aliphatic carbocycles. The summed E-state index contributed by atoms with van der Waals surface area (Å²) in [6, 6.07) is 21.1. The van der Waals surface area contributed by atoms with Crippen LogP contribution in [0.3, 0.4) is 0 Å². The van der Waals surface area contributed by atoms with E-state index in [2.05, 4.69) is 16.0 Å². The second kappa shape index (κ2) is 10.1. The van der Waals surface area contributed by atoms with Gasteiger partial charge in [-0.2, -0.15) is 0 Å². The molecule has 5 nitrogen and oxygen atoms in total. The Labute approximate surface area is 199 Å². The highest BCUT2D eigenvalue weighted by atomic mass is 35.5. The lowest BCUT2D eigenvalue weighted by atomic mass is 10.0. The van der Waals surface area contributed by atoms with Gasteiger partial charge in [0.2, 0.25) is 0 Å². The number of fused-ring (bicyclic) bond motifs is 1. The third-order valence-electron chi connectivity index (χ3n) is 5.67. The molecular formula is C27H28ClN3O2. The molecule has 1 N–H and O–H groups in total. The first-order chi connectivity index (χ1) is 15.9. The highest BCUT2D eigenvalue weighted by Gasteiger charge is 2.20. The molecule has 6 heteroatoms. The number of amides is 1. The van der Waals surface area contributed by atoms with Gasteiger partial charge in [0.05, 0.1) is 28.7 Å². The molecule has 0 saturated heterocycles. The van der Waals surface area contributed by atoms with Crippen LogP contribution in [0.1, 0.15) is 46.7 Å². The van der Waals surface area contributed by atoms with Crippen molar-refractivity contribution >= 4 is 28.5 Å². The average Bonchev–Trinajstić information content (AvgIpc) is 3.16. The number of rotatable bonds is 8. The summed E-state index contributed by atoms with van der Waals surface area (Å²) in [5.74, 6) is 1.41. The molecule has 0 fully saturated rings. The van der Waals surface area contributed by atoms with E-state index in [9.17, 15) is 4.79 Å². The molecule has 4 aromatic rings. The van der Waals surface area contributed by atoms with E-state index in [1.807, 2.05) is 81.4 Å². The zero-order chi connectivity index (χ0) is 23.4. The van der Waals surface area contributed by atoms with Crippen molar-refractivity contribution in [2.24, 2.45) is 0 Å². The third-order valence-corrected chi connectivity index (χ3v) is 5.98. The molecule has 0 aliphatic heterocycles. The molecule has 170 valence electrons. The van der Waals surface area contributed by atoms with Crippen LogP contribution < -0.4 is 10.1 Å². The Balaban J connectivity index is 1.50. The maximum absolute atomic E-state index is 13.0. The van der Waals surface area contributed by atoms with Gasteiger partial charge in [0, 0.05) is 12.1 Å². The summed E-state index contributed by atoms with van der Waals surface area (Å²) in [5.41, 5.74) is 4.73. The number of para-hydroxylation sites is 3. The van der Waals surface area contributed by atoms with Gasteiger partial charge in [0.1, 0.15) is 11.6 Å². The van der Waals surface area contributed by atoms with Crippen LogP contribution in [0.25, 0.3) is 11.0 Å². The van der Waals surface area contributed by atoms with Crippen LogP contribution in [-0.2, 0) is 6.54 Å². The van der Waals surface area contributed by atoms with E-state index < -0.39 is 0 Å². The molecule has 1 atom stereocenters. The van der Waals surface area contributed by atoms with Crippen molar-refractivity contribution in [1.82, 2.24) is 14.9 Å². The van der Waals surface area contributed by atoms with Gasteiger partial charge in [-0.3, -0.25) is 4.79 Å². The fourth-order valence-corrected chi connectivity index (χ4v) is 4.22. The number of carbonyl (C=O) groups is 1. The van der Waals surface area contributed by atoms with Gasteiger partial charge in [0.25, 0.3) is 5.91 Å². The van der Waals surface area contributed by atoms with Crippen LogP contribution in [0.2, 0.25) is 5.02 Å². The number of halogens is 1. The lowest BCUT2D eigenvalue weighted by Crippen LogP contribution is -2.29. The lowest BCUT2D eigenvalue weighted by molar-refractivity contribution is 0.0937. The molecule has 3 aromatic carbocycles. The van der Waals surface area contributed by atoms with Gasteiger partial charge in [-0.1, -0.05) is 53.6 Å². The van der Waals surface area contributed by atoms with Gasteiger partial charge >= 0.3 is 0 Å². The molecule has 0 saturated carbocycles. The minimum absolute atomic E-state index is 0.0966. The van der Waals surface area contributed by atoms with Crippen molar-refractivity contribution in [2.45, 2.75) is 39.8 Å². The van der Waals surface area contributed by atoms with Crippen molar-refractivity contribution in [3.05, 3.63) is 94.3 Å². The van der Waals surface area contributed by atoms with E-state index >= 15 is 0 Å². The smallest absolute Gasteiger partial charge is 0.252 e. The third kappa shape index (κ3) is 5.20. The zero-order valence-electron chi connectivity index (χ0n) is 19.1. The normalized spacial score (nSPS) is 12.0. The molecule has 0 aliphatic rings. The lowest BCUT2D eigenvalue weighted by Gasteiger charge is -2.17. The van der Waals surface area contributed by atoms with E-state index in [0.29, 0.717) is 29.5 Å². The van der Waals surface area contributed by atoms with Crippen LogP contribution in [0.15, 0.2) is 66.7 Å². The Morgan fingerprint density at radius 3 is 2.64 bits per heavy atom. The van der Waals surface area contributed by atoms with Crippen LogP contribution in [0, 0.1) is 13.8 Å². The Kier molecular flexibility index (Phi) is 6.99. The zero-order valence-corrected chi connectivity index (χ0v) is 19.9. The number of hydrogen-bond donors (Lipinski definition) is 1. The van der Waals surface area contributed by atoms with Gasteiger partial charge in [0.15, 0.2) is 0 Å².